The summed E-state index contributed by atoms with van der Waals surface area (Å²) in [5.41, 5.74) is 5.19. The molecular formula is C12H9F2N3O2S. The zero-order chi connectivity index (χ0) is 14.4. The molecule has 3 rings (SSSR count). The van der Waals surface area contributed by atoms with Gasteiger partial charge in [-0.1, -0.05) is 11.3 Å². The Bertz CT molecular complexity index is 731. The van der Waals surface area contributed by atoms with Crippen LogP contribution in [0.5, 0.6) is 0 Å². The molecule has 2 heterocycles. The Morgan fingerprint density at radius 3 is 2.85 bits per heavy atom. The molecule has 1 unspecified atom stereocenters. The van der Waals surface area contributed by atoms with Crippen molar-refractivity contribution in [3.8, 4) is 0 Å². The van der Waals surface area contributed by atoms with Gasteiger partial charge in [0.2, 0.25) is 11.8 Å². The Hall–Kier alpha value is -2.09. The van der Waals surface area contributed by atoms with E-state index in [-0.39, 0.29) is 29.5 Å². The molecule has 2 amide bonds. The van der Waals surface area contributed by atoms with E-state index in [0.29, 0.717) is 4.70 Å². The van der Waals surface area contributed by atoms with E-state index in [1.165, 1.54) is 4.90 Å². The molecule has 0 aliphatic carbocycles. The monoisotopic (exact) mass is 297 g/mol. The smallest absolute Gasteiger partial charge is 0.229 e. The minimum Gasteiger partial charge on any atom is -0.369 e. The van der Waals surface area contributed by atoms with Crippen molar-refractivity contribution in [2.75, 3.05) is 11.4 Å². The molecular weight excluding hydrogens is 288 g/mol. The van der Waals surface area contributed by atoms with Gasteiger partial charge in [-0.2, -0.15) is 0 Å². The van der Waals surface area contributed by atoms with Crippen LogP contribution in [-0.2, 0) is 9.59 Å². The highest BCUT2D eigenvalue weighted by Crippen LogP contribution is 2.34. The molecule has 2 N–H and O–H groups in total. The summed E-state index contributed by atoms with van der Waals surface area (Å²) in [4.78, 5) is 28.2. The first-order valence-corrected chi connectivity index (χ1v) is 6.62. The largest absolute Gasteiger partial charge is 0.369 e. The fourth-order valence-electron chi connectivity index (χ4n) is 2.14. The number of hydrogen-bond acceptors (Lipinski definition) is 4. The lowest BCUT2D eigenvalue weighted by atomic mass is 10.1. The summed E-state index contributed by atoms with van der Waals surface area (Å²) in [6.45, 7) is 0.123. The minimum atomic E-state index is -0.777. The first-order valence-electron chi connectivity index (χ1n) is 5.81. The second kappa shape index (κ2) is 4.48. The number of thiazole rings is 1. The maximum atomic E-state index is 13.6. The van der Waals surface area contributed by atoms with Crippen LogP contribution in [0.4, 0.5) is 13.9 Å². The van der Waals surface area contributed by atoms with Crippen molar-refractivity contribution in [1.29, 1.82) is 0 Å². The number of aromatic nitrogens is 1. The molecule has 1 fully saturated rings. The van der Waals surface area contributed by atoms with Crippen molar-refractivity contribution in [3.63, 3.8) is 0 Å². The lowest BCUT2D eigenvalue weighted by Gasteiger charge is -2.11. The van der Waals surface area contributed by atoms with Gasteiger partial charge in [0, 0.05) is 19.0 Å². The number of benzene rings is 1. The van der Waals surface area contributed by atoms with Gasteiger partial charge in [0.15, 0.2) is 10.9 Å². The molecule has 1 aliphatic rings. The topological polar surface area (TPSA) is 76.3 Å². The maximum absolute atomic E-state index is 13.6. The Morgan fingerprint density at radius 1 is 1.45 bits per heavy atom. The van der Waals surface area contributed by atoms with E-state index in [9.17, 15) is 18.4 Å². The molecule has 1 aromatic carbocycles. The summed E-state index contributed by atoms with van der Waals surface area (Å²) in [6, 6.07) is 1.90. The second-order valence-electron chi connectivity index (χ2n) is 4.54. The van der Waals surface area contributed by atoms with E-state index in [1.807, 2.05) is 0 Å². The lowest BCUT2D eigenvalue weighted by Crippen LogP contribution is -2.28. The number of nitrogens with zero attached hydrogens (tertiary/aromatic N) is 2. The minimum absolute atomic E-state index is 0.0155. The number of hydrogen-bond donors (Lipinski definition) is 1. The molecule has 104 valence electrons. The molecule has 0 bridgehead atoms. The quantitative estimate of drug-likeness (QED) is 0.910. The van der Waals surface area contributed by atoms with Crippen molar-refractivity contribution in [3.05, 3.63) is 23.8 Å². The van der Waals surface area contributed by atoms with Gasteiger partial charge in [-0.15, -0.1) is 0 Å². The molecule has 0 saturated carbocycles. The highest BCUT2D eigenvalue weighted by atomic mass is 32.1. The predicted molar refractivity (Wildman–Crippen MR) is 69.2 cm³/mol. The van der Waals surface area contributed by atoms with E-state index in [0.717, 1.165) is 23.5 Å². The van der Waals surface area contributed by atoms with Crippen LogP contribution in [0.1, 0.15) is 6.42 Å². The first-order chi connectivity index (χ1) is 9.45. The third kappa shape index (κ3) is 2.01. The van der Waals surface area contributed by atoms with Crippen LogP contribution in [0.2, 0.25) is 0 Å². The summed E-state index contributed by atoms with van der Waals surface area (Å²) in [7, 11) is 0. The number of nitrogens with two attached hydrogens (primary N) is 1. The average Bonchev–Trinajstić information content (AvgIpc) is 2.92. The number of rotatable bonds is 2. The third-order valence-electron chi connectivity index (χ3n) is 3.16. The Kier molecular flexibility index (Phi) is 2.89. The molecule has 0 spiro atoms. The summed E-state index contributed by atoms with van der Waals surface area (Å²) < 4.78 is 27.0. The summed E-state index contributed by atoms with van der Waals surface area (Å²) in [6.07, 6.45) is 0.0160. The summed E-state index contributed by atoms with van der Waals surface area (Å²) in [5.74, 6) is -2.91. The fraction of sp³-hybridized carbons (Fsp3) is 0.250. The van der Waals surface area contributed by atoms with E-state index in [1.54, 1.807) is 0 Å². The van der Waals surface area contributed by atoms with E-state index >= 15 is 0 Å². The molecule has 1 atom stereocenters. The fourth-order valence-corrected chi connectivity index (χ4v) is 3.18. The van der Waals surface area contributed by atoms with Gasteiger partial charge < -0.3 is 5.73 Å². The zero-order valence-corrected chi connectivity index (χ0v) is 10.9. The average molecular weight is 297 g/mol. The Labute approximate surface area is 116 Å². The number of primary amides is 1. The molecule has 8 heteroatoms. The molecule has 1 saturated heterocycles. The van der Waals surface area contributed by atoms with Crippen LogP contribution < -0.4 is 10.6 Å². The van der Waals surface area contributed by atoms with Gasteiger partial charge in [-0.3, -0.25) is 14.5 Å². The third-order valence-corrected chi connectivity index (χ3v) is 4.19. The summed E-state index contributed by atoms with van der Waals surface area (Å²) in [5, 5.41) is 0.248. The van der Waals surface area contributed by atoms with Gasteiger partial charge in [0.05, 0.1) is 10.6 Å². The Morgan fingerprint density at radius 2 is 2.20 bits per heavy atom. The van der Waals surface area contributed by atoms with Crippen LogP contribution in [-0.4, -0.2) is 23.3 Å². The molecule has 1 aliphatic heterocycles. The molecule has 2 aromatic rings. The zero-order valence-electron chi connectivity index (χ0n) is 10.1. The highest BCUT2D eigenvalue weighted by Gasteiger charge is 2.35. The second-order valence-corrected chi connectivity index (χ2v) is 5.55. The normalized spacial score (nSPS) is 19.0. The van der Waals surface area contributed by atoms with Crippen LogP contribution in [0.25, 0.3) is 10.2 Å². The van der Waals surface area contributed by atoms with Crippen molar-refractivity contribution >= 4 is 38.5 Å². The number of fused-ring (bicyclic) bond motifs is 1. The van der Waals surface area contributed by atoms with Gasteiger partial charge in [-0.25, -0.2) is 13.8 Å². The molecule has 20 heavy (non-hydrogen) atoms. The van der Waals surface area contributed by atoms with E-state index in [4.69, 9.17) is 5.73 Å². The number of amides is 2. The van der Waals surface area contributed by atoms with E-state index in [2.05, 4.69) is 4.98 Å². The molecule has 0 radical (unpaired) electrons. The van der Waals surface area contributed by atoms with Crippen molar-refractivity contribution < 1.29 is 18.4 Å². The predicted octanol–water partition coefficient (Wildman–Crippen LogP) is 1.41. The van der Waals surface area contributed by atoms with Crippen LogP contribution >= 0.6 is 11.3 Å². The maximum Gasteiger partial charge on any atom is 0.229 e. The number of carbonyl (C=O) groups is 2. The molecule has 1 aromatic heterocycles. The highest BCUT2D eigenvalue weighted by molar-refractivity contribution is 7.22. The van der Waals surface area contributed by atoms with Gasteiger partial charge in [0.1, 0.15) is 11.3 Å². The van der Waals surface area contributed by atoms with E-state index < -0.39 is 23.5 Å². The number of carbonyl (C=O) groups excluding carboxylic acids is 2. The summed E-state index contributed by atoms with van der Waals surface area (Å²) >= 11 is 1.00. The molecule has 5 nitrogen and oxygen atoms in total. The van der Waals surface area contributed by atoms with Gasteiger partial charge >= 0.3 is 0 Å². The van der Waals surface area contributed by atoms with Crippen LogP contribution in [0, 0.1) is 17.6 Å². The van der Waals surface area contributed by atoms with Crippen molar-refractivity contribution in [2.24, 2.45) is 11.7 Å². The lowest BCUT2D eigenvalue weighted by molar-refractivity contribution is -0.123. The van der Waals surface area contributed by atoms with Crippen LogP contribution in [0.3, 0.4) is 0 Å². The Balaban J connectivity index is 2.01. The van der Waals surface area contributed by atoms with Crippen molar-refractivity contribution in [2.45, 2.75) is 6.42 Å². The number of anilines is 1. The number of halogens is 2. The SMILES string of the molecule is NC(=O)C1CC(=O)N(c2nc3c(F)cc(F)cc3s2)C1. The van der Waals surface area contributed by atoms with Gasteiger partial charge in [0.25, 0.3) is 0 Å². The van der Waals surface area contributed by atoms with Gasteiger partial charge in [-0.05, 0) is 6.07 Å². The van der Waals surface area contributed by atoms with Crippen molar-refractivity contribution in [1.82, 2.24) is 4.98 Å². The van der Waals surface area contributed by atoms with Crippen LogP contribution in [0.15, 0.2) is 12.1 Å². The first kappa shape index (κ1) is 12.9. The standard InChI is InChI=1S/C12H9F2N3O2S/c13-6-2-7(14)10-8(3-6)20-12(16-10)17-4-5(11(15)19)1-9(17)18/h2-3,5H,1,4H2,(H2,15,19).